The van der Waals surface area contributed by atoms with Crippen molar-refractivity contribution >= 4 is 35.0 Å². The lowest BCUT2D eigenvalue weighted by Crippen LogP contribution is -2.59. The van der Waals surface area contributed by atoms with Gasteiger partial charge in [0.2, 0.25) is 11.8 Å². The van der Waals surface area contributed by atoms with Crippen LogP contribution in [-0.4, -0.2) is 88.2 Å². The van der Waals surface area contributed by atoms with E-state index in [-0.39, 0.29) is 53.5 Å². The highest BCUT2D eigenvalue weighted by Crippen LogP contribution is 2.32. The minimum Gasteiger partial charge on any atom is -0.508 e. The topological polar surface area (TPSA) is 170 Å². The summed E-state index contributed by atoms with van der Waals surface area (Å²) >= 11 is 1.32. The van der Waals surface area contributed by atoms with Gasteiger partial charge in [-0.05, 0) is 68.2 Å². The number of nitrogens with zero attached hydrogens (tertiary/aromatic N) is 2. The minimum absolute atomic E-state index is 0.0475. The second kappa shape index (κ2) is 23.4. The molecule has 13 heteroatoms. The number of nitrogens with one attached hydrogen (secondary N) is 3. The fourth-order valence-corrected chi connectivity index (χ4v) is 7.47. The molecule has 1 heterocycles. The van der Waals surface area contributed by atoms with Crippen LogP contribution in [0.1, 0.15) is 128 Å². The molecule has 0 fully saturated rings. The van der Waals surface area contributed by atoms with Gasteiger partial charge in [-0.3, -0.25) is 19.2 Å². The quantitative estimate of drug-likeness (QED) is 0.0748. The Morgan fingerprint density at radius 3 is 2.06 bits per heavy atom. The lowest BCUT2D eigenvalue weighted by Gasteiger charge is -2.39. The van der Waals surface area contributed by atoms with E-state index in [0.717, 1.165) is 24.8 Å². The number of carbonyl (C=O) groups excluding carboxylic acids is 3. The SMILES string of the molecule is CCCO[C@H](C[C@H](C(C)C)N(CCC)C(=O)[C@@H](NC(=O)[C@@H](NC)[C@@H](C)CC)[C@@H](C)CC)c1nc(C(=O)N[C@@H](Cc2ccc(O)cc2)C[C@H](C)C(=O)O)cs1. The first-order chi connectivity index (χ1) is 25.6. The molecule has 3 amide bonds. The Balaban J connectivity index is 2.41. The van der Waals surface area contributed by atoms with Crippen molar-refractivity contribution in [2.24, 2.45) is 23.7 Å². The normalized spacial score (nSPS) is 16.1. The van der Waals surface area contributed by atoms with E-state index in [0.29, 0.717) is 37.4 Å². The molecule has 8 atom stereocenters. The number of aliphatic carboxylic acids is 1. The zero-order chi connectivity index (χ0) is 40.5. The van der Waals surface area contributed by atoms with Gasteiger partial charge in [0.05, 0.1) is 12.0 Å². The van der Waals surface area contributed by atoms with Crippen LogP contribution in [0, 0.1) is 23.7 Å². The molecule has 5 N–H and O–H groups in total. The number of aromatic hydroxyl groups is 1. The van der Waals surface area contributed by atoms with Gasteiger partial charge in [0.15, 0.2) is 0 Å². The van der Waals surface area contributed by atoms with Crippen LogP contribution >= 0.6 is 11.3 Å². The fraction of sp³-hybridized carbons (Fsp3) is 0.683. The molecule has 2 aromatic rings. The zero-order valence-corrected chi connectivity index (χ0v) is 35.0. The van der Waals surface area contributed by atoms with Gasteiger partial charge in [-0.25, -0.2) is 4.98 Å². The Bertz CT molecular complexity index is 1450. The first-order valence-electron chi connectivity index (χ1n) is 19.8. The number of hydrogen-bond acceptors (Lipinski definition) is 9. The molecule has 304 valence electrons. The number of carbonyl (C=O) groups is 4. The van der Waals surface area contributed by atoms with Crippen LogP contribution < -0.4 is 16.0 Å². The highest BCUT2D eigenvalue weighted by molar-refractivity contribution is 7.09. The van der Waals surface area contributed by atoms with Gasteiger partial charge in [0.1, 0.15) is 28.6 Å². The highest BCUT2D eigenvalue weighted by atomic mass is 32.1. The Morgan fingerprint density at radius 1 is 0.889 bits per heavy atom. The first kappa shape index (κ1) is 46.6. The number of carboxylic acids is 1. The number of amides is 3. The molecule has 2 rings (SSSR count). The molecule has 54 heavy (non-hydrogen) atoms. The van der Waals surface area contributed by atoms with Gasteiger partial charge < -0.3 is 35.8 Å². The molecular weight excluding hydrogens is 707 g/mol. The third-order valence-corrected chi connectivity index (χ3v) is 11.3. The molecule has 0 aliphatic rings. The van der Waals surface area contributed by atoms with Crippen LogP contribution in [0.25, 0.3) is 0 Å². The van der Waals surface area contributed by atoms with E-state index in [1.54, 1.807) is 43.6 Å². The maximum atomic E-state index is 14.6. The zero-order valence-electron chi connectivity index (χ0n) is 34.2. The average molecular weight is 774 g/mol. The monoisotopic (exact) mass is 773 g/mol. The number of hydrogen-bond donors (Lipinski definition) is 5. The third kappa shape index (κ3) is 13.9. The number of phenols is 1. The van der Waals surface area contributed by atoms with Crippen molar-refractivity contribution in [2.45, 2.75) is 138 Å². The summed E-state index contributed by atoms with van der Waals surface area (Å²) in [5.41, 5.74) is 1.06. The minimum atomic E-state index is -0.951. The number of thiazole rings is 1. The predicted molar refractivity (Wildman–Crippen MR) is 215 cm³/mol. The maximum absolute atomic E-state index is 14.6. The van der Waals surface area contributed by atoms with Gasteiger partial charge in [-0.1, -0.05) is 87.3 Å². The lowest BCUT2D eigenvalue weighted by atomic mass is 9.91. The number of likely N-dealkylation sites (N-methyl/N-ethyl adjacent to an activating group) is 1. The van der Waals surface area contributed by atoms with Gasteiger partial charge in [0, 0.05) is 37.0 Å². The van der Waals surface area contributed by atoms with E-state index >= 15 is 0 Å². The Morgan fingerprint density at radius 2 is 1.52 bits per heavy atom. The molecule has 0 saturated carbocycles. The van der Waals surface area contributed by atoms with Gasteiger partial charge >= 0.3 is 5.97 Å². The summed E-state index contributed by atoms with van der Waals surface area (Å²) in [4.78, 5) is 60.1. The summed E-state index contributed by atoms with van der Waals surface area (Å²) in [5.74, 6) is -2.17. The van der Waals surface area contributed by atoms with E-state index in [1.165, 1.54) is 11.3 Å². The van der Waals surface area contributed by atoms with E-state index in [4.69, 9.17) is 9.72 Å². The van der Waals surface area contributed by atoms with E-state index in [1.807, 2.05) is 46.4 Å². The second-order valence-corrected chi connectivity index (χ2v) is 15.9. The summed E-state index contributed by atoms with van der Waals surface area (Å²) in [6, 6.07) is 4.78. The van der Waals surface area contributed by atoms with Crippen LogP contribution in [0.3, 0.4) is 0 Å². The van der Waals surface area contributed by atoms with Crippen LogP contribution in [0.15, 0.2) is 29.6 Å². The van der Waals surface area contributed by atoms with Crippen molar-refractivity contribution in [3.05, 3.63) is 45.9 Å². The highest BCUT2D eigenvalue weighted by Gasteiger charge is 2.38. The van der Waals surface area contributed by atoms with Crippen molar-refractivity contribution in [3.8, 4) is 5.75 Å². The number of ether oxygens (including phenoxy) is 1. The van der Waals surface area contributed by atoms with Gasteiger partial charge in [-0.2, -0.15) is 0 Å². The van der Waals surface area contributed by atoms with Crippen molar-refractivity contribution in [1.82, 2.24) is 25.8 Å². The van der Waals surface area contributed by atoms with E-state index in [9.17, 15) is 29.4 Å². The van der Waals surface area contributed by atoms with Crippen molar-refractivity contribution in [3.63, 3.8) is 0 Å². The largest absolute Gasteiger partial charge is 0.508 e. The average Bonchev–Trinajstić information content (AvgIpc) is 3.64. The summed E-state index contributed by atoms with van der Waals surface area (Å²) in [5, 5.41) is 30.9. The number of benzene rings is 1. The van der Waals surface area contributed by atoms with E-state index < -0.39 is 42.0 Å². The molecule has 1 aromatic heterocycles. The number of carboxylic acid groups (broad SMARTS) is 1. The molecule has 0 aliphatic carbocycles. The number of phenolic OH excluding ortho intramolecular Hbond substituents is 1. The van der Waals surface area contributed by atoms with Crippen LogP contribution in [0.4, 0.5) is 0 Å². The van der Waals surface area contributed by atoms with Gasteiger partial charge in [-0.15, -0.1) is 11.3 Å². The smallest absolute Gasteiger partial charge is 0.306 e. The summed E-state index contributed by atoms with van der Waals surface area (Å²) in [7, 11) is 1.77. The molecule has 0 aliphatic heterocycles. The molecule has 1 aromatic carbocycles. The van der Waals surface area contributed by atoms with Crippen LogP contribution in [0.5, 0.6) is 5.75 Å². The maximum Gasteiger partial charge on any atom is 0.306 e. The lowest BCUT2D eigenvalue weighted by molar-refractivity contribution is -0.142. The molecule has 0 bridgehead atoms. The third-order valence-electron chi connectivity index (χ3n) is 10.3. The van der Waals surface area contributed by atoms with Gasteiger partial charge in [0.25, 0.3) is 5.91 Å². The van der Waals surface area contributed by atoms with Crippen molar-refractivity contribution in [2.75, 3.05) is 20.2 Å². The molecule has 0 radical (unpaired) electrons. The number of aromatic nitrogens is 1. The summed E-state index contributed by atoms with van der Waals surface area (Å²) < 4.78 is 6.40. The standard InChI is InChI=1S/C41H67N5O7S/c1-11-19-46(40(50)36(27(8)14-4)45-38(49)35(42-10)26(7)13-3)33(25(5)6)23-34(53-20-12-2)39-44-32(24-54-39)37(48)43-30(21-28(9)41(51)52)22-29-15-17-31(47)18-16-29/h15-18,24-28,30,33-36,42,47H,11-14,19-23H2,1-10H3,(H,43,48)(H,45,49)(H,51,52)/t26-,27-,28-,30+,33+,34+,35-,36-/m0/s1. The molecular formula is C41H67N5O7S. The first-order valence-corrected chi connectivity index (χ1v) is 20.7. The summed E-state index contributed by atoms with van der Waals surface area (Å²) in [6.07, 6.45) is 3.59. The Labute approximate surface area is 327 Å². The fourth-order valence-electron chi connectivity index (χ4n) is 6.61. The van der Waals surface area contributed by atoms with E-state index in [2.05, 4.69) is 29.8 Å². The Hall–Kier alpha value is -3.55. The second-order valence-electron chi connectivity index (χ2n) is 15.0. The Kier molecular flexibility index (Phi) is 20.2. The summed E-state index contributed by atoms with van der Waals surface area (Å²) in [6.45, 7) is 18.9. The molecule has 0 spiro atoms. The van der Waals surface area contributed by atoms with Crippen LogP contribution in [-0.2, 0) is 25.5 Å². The molecule has 0 saturated heterocycles. The van der Waals surface area contributed by atoms with Crippen molar-refractivity contribution in [1.29, 1.82) is 0 Å². The molecule has 12 nitrogen and oxygen atoms in total. The molecule has 0 unspecified atom stereocenters. The van der Waals surface area contributed by atoms with Crippen molar-refractivity contribution < 1.29 is 34.1 Å². The predicted octanol–water partition coefficient (Wildman–Crippen LogP) is 6.59. The number of rotatable bonds is 25. The van der Waals surface area contributed by atoms with Crippen LogP contribution in [0.2, 0.25) is 0 Å².